The first-order chi connectivity index (χ1) is 8.46. The minimum atomic E-state index is -0.682. The Morgan fingerprint density at radius 2 is 1.94 bits per heavy atom. The van der Waals surface area contributed by atoms with Crippen LogP contribution in [0.3, 0.4) is 0 Å². The van der Waals surface area contributed by atoms with E-state index >= 15 is 0 Å². The predicted octanol–water partition coefficient (Wildman–Crippen LogP) is 1.61. The Balaban J connectivity index is 2.54. The summed E-state index contributed by atoms with van der Waals surface area (Å²) in [5.41, 5.74) is 0.415. The second-order valence-corrected chi connectivity index (χ2v) is 4.92. The number of benzene rings is 1. The van der Waals surface area contributed by atoms with Gasteiger partial charge in [0.25, 0.3) is 0 Å². The van der Waals surface area contributed by atoms with Crippen LogP contribution in [0.15, 0.2) is 18.2 Å². The summed E-state index contributed by atoms with van der Waals surface area (Å²) in [6, 6.07) is 5.77. The number of ether oxygens (including phenoxy) is 2. The quantitative estimate of drug-likeness (QED) is 0.725. The van der Waals surface area contributed by atoms with Gasteiger partial charge in [0, 0.05) is 6.54 Å². The van der Waals surface area contributed by atoms with Crippen LogP contribution in [0.1, 0.15) is 19.4 Å². The predicted molar refractivity (Wildman–Crippen MR) is 72.4 cm³/mol. The monoisotopic (exact) mass is 253 g/mol. The van der Waals surface area contributed by atoms with Gasteiger partial charge in [-0.3, -0.25) is 0 Å². The van der Waals surface area contributed by atoms with Gasteiger partial charge < -0.3 is 19.9 Å². The molecule has 0 atom stereocenters. The molecule has 4 nitrogen and oxygen atoms in total. The highest BCUT2D eigenvalue weighted by atomic mass is 16.5. The van der Waals surface area contributed by atoms with Gasteiger partial charge in [-0.05, 0) is 50.6 Å². The van der Waals surface area contributed by atoms with E-state index in [0.717, 1.165) is 30.0 Å². The van der Waals surface area contributed by atoms with Crippen LogP contribution >= 0.6 is 0 Å². The lowest BCUT2D eigenvalue weighted by Gasteiger charge is -2.18. The molecule has 0 aromatic heterocycles. The van der Waals surface area contributed by atoms with Crippen LogP contribution in [-0.2, 0) is 6.42 Å². The van der Waals surface area contributed by atoms with Gasteiger partial charge in [0.2, 0.25) is 0 Å². The highest BCUT2D eigenvalue weighted by Crippen LogP contribution is 2.24. The zero-order valence-corrected chi connectivity index (χ0v) is 11.6. The Bertz CT molecular complexity index is 372. The molecule has 0 aliphatic carbocycles. The lowest BCUT2D eigenvalue weighted by atomic mass is 10.1. The third kappa shape index (κ3) is 4.94. The van der Waals surface area contributed by atoms with Crippen molar-refractivity contribution in [2.45, 2.75) is 25.9 Å². The summed E-state index contributed by atoms with van der Waals surface area (Å²) in [6.45, 7) is 4.92. The molecule has 0 spiro atoms. The molecule has 102 valence electrons. The first kappa shape index (κ1) is 14.8. The largest absolute Gasteiger partial charge is 0.497 e. The average molecular weight is 253 g/mol. The van der Waals surface area contributed by atoms with Gasteiger partial charge in [0.1, 0.15) is 11.5 Å². The fraction of sp³-hybridized carbons (Fsp3) is 0.571. The van der Waals surface area contributed by atoms with E-state index in [4.69, 9.17) is 9.47 Å². The van der Waals surface area contributed by atoms with Crippen molar-refractivity contribution in [2.75, 3.05) is 27.3 Å². The zero-order valence-electron chi connectivity index (χ0n) is 11.6. The number of rotatable bonds is 7. The smallest absolute Gasteiger partial charge is 0.122 e. The van der Waals surface area contributed by atoms with Crippen LogP contribution < -0.4 is 14.8 Å². The van der Waals surface area contributed by atoms with Crippen molar-refractivity contribution in [3.63, 3.8) is 0 Å². The maximum absolute atomic E-state index is 9.59. The maximum atomic E-state index is 9.59. The Morgan fingerprint density at radius 3 is 2.50 bits per heavy atom. The highest BCUT2D eigenvalue weighted by molar-refractivity contribution is 5.40. The van der Waals surface area contributed by atoms with Gasteiger partial charge >= 0.3 is 0 Å². The SMILES string of the molecule is COc1ccc(OC)c(CCNCC(C)(C)O)c1. The minimum Gasteiger partial charge on any atom is -0.497 e. The molecule has 0 bridgehead atoms. The van der Waals surface area contributed by atoms with E-state index in [2.05, 4.69) is 5.32 Å². The first-order valence-electron chi connectivity index (χ1n) is 6.10. The van der Waals surface area contributed by atoms with E-state index < -0.39 is 5.60 Å². The standard InChI is InChI=1S/C14H23NO3/c1-14(2,16)10-15-8-7-11-9-12(17-3)5-6-13(11)18-4/h5-6,9,15-16H,7-8,10H2,1-4H3. The van der Waals surface area contributed by atoms with E-state index in [-0.39, 0.29) is 0 Å². The van der Waals surface area contributed by atoms with Crippen LogP contribution in [0, 0.1) is 0 Å². The van der Waals surface area contributed by atoms with Crippen molar-refractivity contribution in [1.82, 2.24) is 5.32 Å². The highest BCUT2D eigenvalue weighted by Gasteiger charge is 2.11. The van der Waals surface area contributed by atoms with E-state index in [1.165, 1.54) is 0 Å². The third-order valence-electron chi connectivity index (χ3n) is 2.62. The summed E-state index contributed by atoms with van der Waals surface area (Å²) in [5, 5.41) is 12.8. The summed E-state index contributed by atoms with van der Waals surface area (Å²) >= 11 is 0. The summed E-state index contributed by atoms with van der Waals surface area (Å²) in [6.07, 6.45) is 0.830. The van der Waals surface area contributed by atoms with Crippen molar-refractivity contribution in [2.24, 2.45) is 0 Å². The lowest BCUT2D eigenvalue weighted by molar-refractivity contribution is 0.0801. The molecular weight excluding hydrogens is 230 g/mol. The number of nitrogens with one attached hydrogen (secondary N) is 1. The van der Waals surface area contributed by atoms with E-state index in [1.54, 1.807) is 28.1 Å². The van der Waals surface area contributed by atoms with E-state index in [0.29, 0.717) is 6.54 Å². The second kappa shape index (κ2) is 6.61. The van der Waals surface area contributed by atoms with E-state index in [9.17, 15) is 5.11 Å². The molecule has 0 unspecified atom stereocenters. The Morgan fingerprint density at radius 1 is 1.22 bits per heavy atom. The van der Waals surface area contributed by atoms with Crippen molar-refractivity contribution >= 4 is 0 Å². The topological polar surface area (TPSA) is 50.7 Å². The minimum absolute atomic E-state index is 0.569. The fourth-order valence-electron chi connectivity index (χ4n) is 1.69. The average Bonchev–Trinajstić information content (AvgIpc) is 2.33. The Kier molecular flexibility index (Phi) is 5.44. The van der Waals surface area contributed by atoms with Gasteiger partial charge in [0.15, 0.2) is 0 Å². The number of aliphatic hydroxyl groups is 1. The van der Waals surface area contributed by atoms with Crippen molar-refractivity contribution < 1.29 is 14.6 Å². The summed E-state index contributed by atoms with van der Waals surface area (Å²) in [5.74, 6) is 1.69. The molecule has 1 aromatic carbocycles. The summed E-state index contributed by atoms with van der Waals surface area (Å²) < 4.78 is 10.5. The van der Waals surface area contributed by atoms with Crippen LogP contribution in [-0.4, -0.2) is 38.0 Å². The number of methoxy groups -OCH3 is 2. The van der Waals surface area contributed by atoms with Gasteiger partial charge in [-0.2, -0.15) is 0 Å². The molecule has 4 heteroatoms. The molecule has 1 aromatic rings. The van der Waals surface area contributed by atoms with E-state index in [1.807, 2.05) is 18.2 Å². The normalized spacial score (nSPS) is 11.4. The van der Waals surface area contributed by atoms with Crippen molar-refractivity contribution in [3.8, 4) is 11.5 Å². The zero-order chi connectivity index (χ0) is 13.6. The maximum Gasteiger partial charge on any atom is 0.122 e. The van der Waals surface area contributed by atoms with Gasteiger partial charge in [0.05, 0.1) is 19.8 Å². The lowest BCUT2D eigenvalue weighted by Crippen LogP contribution is -2.35. The molecule has 0 saturated carbocycles. The molecule has 0 fully saturated rings. The molecule has 0 saturated heterocycles. The molecule has 0 aliphatic heterocycles. The van der Waals surface area contributed by atoms with Gasteiger partial charge in [-0.1, -0.05) is 0 Å². The fourth-order valence-corrected chi connectivity index (χ4v) is 1.69. The summed E-state index contributed by atoms with van der Waals surface area (Å²) in [7, 11) is 3.31. The Labute approximate surface area is 109 Å². The van der Waals surface area contributed by atoms with Crippen LogP contribution in [0.25, 0.3) is 0 Å². The summed E-state index contributed by atoms with van der Waals surface area (Å²) in [4.78, 5) is 0. The van der Waals surface area contributed by atoms with Gasteiger partial charge in [-0.15, -0.1) is 0 Å². The first-order valence-corrected chi connectivity index (χ1v) is 6.10. The van der Waals surface area contributed by atoms with Crippen LogP contribution in [0.5, 0.6) is 11.5 Å². The second-order valence-electron chi connectivity index (χ2n) is 4.92. The molecule has 0 aliphatic rings. The number of hydrogen-bond acceptors (Lipinski definition) is 4. The third-order valence-corrected chi connectivity index (χ3v) is 2.62. The van der Waals surface area contributed by atoms with Crippen LogP contribution in [0.4, 0.5) is 0 Å². The molecule has 0 heterocycles. The molecule has 0 amide bonds. The van der Waals surface area contributed by atoms with Crippen molar-refractivity contribution in [3.05, 3.63) is 23.8 Å². The Hall–Kier alpha value is -1.26. The molecule has 0 radical (unpaired) electrons. The molecule has 1 rings (SSSR count). The molecule has 18 heavy (non-hydrogen) atoms. The van der Waals surface area contributed by atoms with Crippen LogP contribution in [0.2, 0.25) is 0 Å². The molecule has 2 N–H and O–H groups in total. The molecular formula is C14H23NO3. The van der Waals surface area contributed by atoms with Crippen molar-refractivity contribution in [1.29, 1.82) is 0 Å². The van der Waals surface area contributed by atoms with Gasteiger partial charge in [-0.25, -0.2) is 0 Å². The number of hydrogen-bond donors (Lipinski definition) is 2.